The predicted octanol–water partition coefficient (Wildman–Crippen LogP) is 2.09. The number of anilines is 2. The zero-order valence-corrected chi connectivity index (χ0v) is 26.0. The Bertz CT molecular complexity index is 1470. The van der Waals surface area contributed by atoms with E-state index in [1.807, 2.05) is 53.4 Å². The third-order valence-corrected chi connectivity index (χ3v) is 6.59. The number of methoxy groups -OCH3 is 1. The van der Waals surface area contributed by atoms with E-state index in [9.17, 15) is 14.7 Å². The molecule has 4 rings (SSSR count). The topological polar surface area (TPSA) is 107 Å². The Morgan fingerprint density at radius 1 is 0.976 bits per heavy atom. The van der Waals surface area contributed by atoms with E-state index in [2.05, 4.69) is 15.3 Å². The van der Waals surface area contributed by atoms with Gasteiger partial charge in [-0.2, -0.15) is 0 Å². The number of hydrogen-bond acceptors (Lipinski definition) is 7. The Balaban J connectivity index is 0.00000462. The first-order chi connectivity index (χ1) is 19.4. The number of nitrogens with zero attached hydrogens (tertiary/aromatic N) is 3. The van der Waals surface area contributed by atoms with Gasteiger partial charge in [-0.1, -0.05) is 65.7 Å². The van der Waals surface area contributed by atoms with Crippen LogP contribution in [0.1, 0.15) is 27.9 Å². The number of ether oxygens (including phenoxy) is 1. The molecule has 0 aliphatic heterocycles. The largest absolute Gasteiger partial charge is 1.00 e. The maximum atomic E-state index is 12.6. The fourth-order valence-corrected chi connectivity index (χ4v) is 4.46. The molecule has 8 nitrogen and oxygen atoms in total. The minimum Gasteiger partial charge on any atom is -0.548 e. The number of aromatic nitrogens is 2. The quantitative estimate of drug-likeness (QED) is 0.263. The van der Waals surface area contributed by atoms with E-state index in [-0.39, 0.29) is 51.6 Å². The molecule has 0 saturated heterocycles. The maximum Gasteiger partial charge on any atom is 1.00 e. The molecular formula is C30H25Cl2N4NaO4. The Morgan fingerprint density at radius 3 is 2.20 bits per heavy atom. The van der Waals surface area contributed by atoms with E-state index in [0.717, 1.165) is 22.6 Å². The van der Waals surface area contributed by atoms with Crippen molar-refractivity contribution in [2.24, 2.45) is 0 Å². The second-order valence-electron chi connectivity index (χ2n) is 8.65. The molecule has 1 heterocycles. The molecule has 1 N–H and O–H groups in total. The number of carbonyl (C=O) groups is 2. The number of carboxylic acid groups (broad SMARTS) is 1. The van der Waals surface area contributed by atoms with Crippen molar-refractivity contribution < 1.29 is 49.0 Å². The van der Waals surface area contributed by atoms with Crippen molar-refractivity contribution in [3.63, 3.8) is 0 Å². The normalized spacial score (nSPS) is 11.4. The summed E-state index contributed by atoms with van der Waals surface area (Å²) in [6.45, 7) is 0.533. The van der Waals surface area contributed by atoms with Crippen LogP contribution in [0.15, 0.2) is 91.3 Å². The summed E-state index contributed by atoms with van der Waals surface area (Å²) in [4.78, 5) is 35.1. The second kappa shape index (κ2) is 15.6. The Morgan fingerprint density at radius 2 is 1.61 bits per heavy atom. The monoisotopic (exact) mass is 598 g/mol. The maximum absolute atomic E-state index is 12.6. The van der Waals surface area contributed by atoms with Gasteiger partial charge in [0.2, 0.25) is 5.95 Å². The fraction of sp³-hybridized carbons (Fsp3) is 0.133. The van der Waals surface area contributed by atoms with Crippen LogP contribution < -0.4 is 49.6 Å². The van der Waals surface area contributed by atoms with Crippen LogP contribution >= 0.6 is 23.2 Å². The molecule has 41 heavy (non-hydrogen) atoms. The van der Waals surface area contributed by atoms with E-state index in [4.69, 9.17) is 27.9 Å². The molecule has 0 fully saturated rings. The summed E-state index contributed by atoms with van der Waals surface area (Å²) in [5.74, 6) is -0.792. The Hall–Kier alpha value is -3.40. The summed E-state index contributed by atoms with van der Waals surface area (Å²) in [7, 11) is 1.63. The van der Waals surface area contributed by atoms with Crippen molar-refractivity contribution in [2.45, 2.75) is 19.0 Å². The fourth-order valence-electron chi connectivity index (χ4n) is 3.89. The van der Waals surface area contributed by atoms with Gasteiger partial charge in [-0.25, -0.2) is 9.97 Å². The van der Waals surface area contributed by atoms with Gasteiger partial charge in [0.15, 0.2) is 0 Å². The van der Waals surface area contributed by atoms with Crippen molar-refractivity contribution >= 4 is 52.8 Å². The smallest absolute Gasteiger partial charge is 0.548 e. The molecule has 0 bridgehead atoms. The number of halogens is 2. The van der Waals surface area contributed by atoms with E-state index >= 15 is 0 Å². The van der Waals surface area contributed by atoms with Crippen LogP contribution in [0.2, 0.25) is 10.0 Å². The standard InChI is InChI=1S/C30H26Cl2N4O4.Na/c1-40-23-15-11-21(12-16-23)19-36(30-33-17-4-18-34-30)22-13-9-20(10-14-22)5-2-8-26(29(38)39)35-28(37)27-24(31)6-3-7-25(27)32;/h2-7,9-18,26H,8,19H2,1H3,(H,35,37)(H,38,39);/q;+1/p-1/b5-2+;. The molecule has 4 aromatic rings. The minimum atomic E-state index is -1.42. The summed E-state index contributed by atoms with van der Waals surface area (Å²) in [5.41, 5.74) is 2.76. The predicted molar refractivity (Wildman–Crippen MR) is 154 cm³/mol. The molecule has 0 aliphatic rings. The van der Waals surface area contributed by atoms with Gasteiger partial charge in [-0.15, -0.1) is 0 Å². The molecule has 3 aromatic carbocycles. The van der Waals surface area contributed by atoms with Crippen molar-refractivity contribution in [3.8, 4) is 5.75 Å². The van der Waals surface area contributed by atoms with Crippen LogP contribution in [0.5, 0.6) is 5.75 Å². The van der Waals surface area contributed by atoms with Crippen molar-refractivity contribution in [2.75, 3.05) is 12.0 Å². The first-order valence-corrected chi connectivity index (χ1v) is 13.0. The summed E-state index contributed by atoms with van der Waals surface area (Å²) in [6.07, 6.45) is 6.79. The Labute approximate surface area is 270 Å². The molecule has 1 atom stereocenters. The molecular weight excluding hydrogens is 574 g/mol. The van der Waals surface area contributed by atoms with Crippen molar-refractivity contribution in [3.05, 3.63) is 118 Å². The van der Waals surface area contributed by atoms with Crippen LogP contribution in [0, 0.1) is 0 Å². The van der Waals surface area contributed by atoms with Gasteiger partial charge < -0.3 is 24.9 Å². The van der Waals surface area contributed by atoms with Crippen LogP contribution in [-0.4, -0.2) is 35.0 Å². The Kier molecular flexibility index (Phi) is 12.2. The number of aliphatic carboxylic acids is 1. The number of benzene rings is 3. The molecule has 204 valence electrons. The third-order valence-electron chi connectivity index (χ3n) is 5.96. The van der Waals surface area contributed by atoms with Gasteiger partial charge in [0.1, 0.15) is 5.75 Å². The van der Waals surface area contributed by atoms with E-state index in [1.165, 1.54) is 12.1 Å². The van der Waals surface area contributed by atoms with Crippen molar-refractivity contribution in [1.82, 2.24) is 15.3 Å². The molecule has 0 aliphatic carbocycles. The number of rotatable bonds is 11. The van der Waals surface area contributed by atoms with E-state index in [0.29, 0.717) is 12.5 Å². The molecule has 11 heteroatoms. The van der Waals surface area contributed by atoms with Crippen LogP contribution in [-0.2, 0) is 11.3 Å². The van der Waals surface area contributed by atoms with Gasteiger partial charge in [0.05, 0.1) is 41.3 Å². The van der Waals surface area contributed by atoms with Crippen LogP contribution in [0.4, 0.5) is 11.6 Å². The number of nitrogens with one attached hydrogen (secondary N) is 1. The van der Waals surface area contributed by atoms with E-state index in [1.54, 1.807) is 43.8 Å². The molecule has 1 aromatic heterocycles. The average molecular weight is 599 g/mol. The van der Waals surface area contributed by atoms with Crippen LogP contribution in [0.25, 0.3) is 6.08 Å². The second-order valence-corrected chi connectivity index (χ2v) is 9.47. The summed E-state index contributed by atoms with van der Waals surface area (Å²) in [5, 5.41) is 14.3. The zero-order chi connectivity index (χ0) is 28.5. The first kappa shape index (κ1) is 32.1. The minimum absolute atomic E-state index is 0. The van der Waals surface area contributed by atoms with Gasteiger partial charge in [0.25, 0.3) is 5.91 Å². The number of hydrogen-bond donors (Lipinski definition) is 1. The van der Waals surface area contributed by atoms with Gasteiger partial charge in [0, 0.05) is 18.1 Å². The third kappa shape index (κ3) is 8.79. The first-order valence-electron chi connectivity index (χ1n) is 12.3. The van der Waals surface area contributed by atoms with Crippen molar-refractivity contribution in [1.29, 1.82) is 0 Å². The molecule has 0 radical (unpaired) electrons. The van der Waals surface area contributed by atoms with E-state index < -0.39 is 17.9 Å². The summed E-state index contributed by atoms with van der Waals surface area (Å²) < 4.78 is 5.25. The van der Waals surface area contributed by atoms with Gasteiger partial charge in [-0.3, -0.25) is 4.79 Å². The molecule has 0 spiro atoms. The van der Waals surface area contributed by atoms with Crippen LogP contribution in [0.3, 0.4) is 0 Å². The molecule has 0 saturated carbocycles. The average Bonchev–Trinajstić information content (AvgIpc) is 2.96. The van der Waals surface area contributed by atoms with Gasteiger partial charge >= 0.3 is 29.6 Å². The zero-order valence-electron chi connectivity index (χ0n) is 22.5. The summed E-state index contributed by atoms with van der Waals surface area (Å²) >= 11 is 12.1. The molecule has 1 amide bonds. The SMILES string of the molecule is COc1ccc(CN(c2ccc(/C=C/CC(NC(=O)c3c(Cl)cccc3Cl)C(=O)[O-])cc2)c2ncccn2)cc1.[Na+]. The summed E-state index contributed by atoms with van der Waals surface area (Å²) in [6, 6.07) is 20.5. The van der Waals surface area contributed by atoms with Gasteiger partial charge in [-0.05, 0) is 60.0 Å². The number of carboxylic acids is 1. The number of carbonyl (C=O) groups excluding carboxylic acids is 2. The molecule has 1 unspecified atom stereocenters. The number of amides is 1.